The fraction of sp³-hybridized carbons (Fsp3) is 0.0303. The predicted molar refractivity (Wildman–Crippen MR) is 278 cm³/mol. The van der Waals surface area contributed by atoms with Gasteiger partial charge in [-0.15, -0.1) is 0 Å². The summed E-state index contributed by atoms with van der Waals surface area (Å²) in [6, 6.07) is 97.5. The molecule has 1 spiro atoms. The molecule has 1 atom stereocenters. The molecule has 67 heavy (non-hydrogen) atoms. The Kier molecular flexibility index (Phi) is 8.18. The summed E-state index contributed by atoms with van der Waals surface area (Å²) in [6.45, 7) is 0. The molecule has 1 unspecified atom stereocenters. The van der Waals surface area contributed by atoms with E-state index in [9.17, 15) is 0 Å². The van der Waals surface area contributed by atoms with Crippen LogP contribution in [0, 0.1) is 0 Å². The molecule has 0 saturated carbocycles. The first kappa shape index (κ1) is 37.8. The molecule has 0 aromatic heterocycles. The molecule has 3 aliphatic carbocycles. The molecule has 312 valence electrons. The van der Waals surface area contributed by atoms with Gasteiger partial charge >= 0.3 is 0 Å². The second kappa shape index (κ2) is 14.5. The molecule has 0 amide bonds. The number of nitrogens with zero attached hydrogens (tertiary/aromatic N) is 1. The first-order valence-corrected chi connectivity index (χ1v) is 23.4. The van der Waals surface area contributed by atoms with Gasteiger partial charge in [-0.1, -0.05) is 224 Å². The van der Waals surface area contributed by atoms with Gasteiger partial charge < -0.3 is 4.90 Å². The average molecular weight is 850 g/mol. The van der Waals surface area contributed by atoms with E-state index in [1.54, 1.807) is 0 Å². The summed E-state index contributed by atoms with van der Waals surface area (Å²) in [4.78, 5) is 2.47. The van der Waals surface area contributed by atoms with E-state index >= 15 is 0 Å². The van der Waals surface area contributed by atoms with Gasteiger partial charge in [0.15, 0.2) is 0 Å². The summed E-state index contributed by atoms with van der Waals surface area (Å²) in [5.41, 5.74) is 22.9. The number of anilines is 3. The highest BCUT2D eigenvalue weighted by Gasteiger charge is 2.51. The maximum Gasteiger partial charge on any atom is 0.0726 e. The Labute approximate surface area is 391 Å². The minimum Gasteiger partial charge on any atom is -0.310 e. The molecule has 0 bridgehead atoms. The van der Waals surface area contributed by atoms with Gasteiger partial charge in [-0.25, -0.2) is 0 Å². The summed E-state index contributed by atoms with van der Waals surface area (Å²) in [7, 11) is 0. The smallest absolute Gasteiger partial charge is 0.0726 e. The number of rotatable bonds is 6. The lowest BCUT2D eigenvalue weighted by molar-refractivity contribution is 0.768. The summed E-state index contributed by atoms with van der Waals surface area (Å²) in [5, 5.41) is 2.61. The largest absolute Gasteiger partial charge is 0.310 e. The maximum atomic E-state index is 2.52. The lowest BCUT2D eigenvalue weighted by Gasteiger charge is -2.40. The predicted octanol–water partition coefficient (Wildman–Crippen LogP) is 16.7. The van der Waals surface area contributed by atoms with Gasteiger partial charge in [0.25, 0.3) is 0 Å². The highest BCUT2D eigenvalue weighted by molar-refractivity contribution is 6.12. The molecular weight excluding hydrogens is 807 g/mol. The van der Waals surface area contributed by atoms with Crippen molar-refractivity contribution in [2.45, 2.75) is 10.8 Å². The zero-order valence-corrected chi connectivity index (χ0v) is 36.8. The Morgan fingerprint density at radius 2 is 0.687 bits per heavy atom. The number of para-hydroxylation sites is 1. The standard InChI is InChI=1S/C66H43N/c1-5-20-44(21-6-1)50-39-40-56-52-29-14-18-34-60(52)66(62-35-19-31-55(50)64(56)62)59-33-17-13-28-51(59)54-38-36-49(43-63(54)66)67(47-26-11-4-12-27-47)48-37-41-61-57(42-48)53-30-15-16-32-58(53)65(61,45-22-7-2-8-23-45)46-24-9-3-10-25-46/h1-43H. The van der Waals surface area contributed by atoms with Gasteiger partial charge in [-0.3, -0.25) is 0 Å². The summed E-state index contributed by atoms with van der Waals surface area (Å²) < 4.78 is 0. The SMILES string of the molecule is c1ccc(-c2ccc3c4c(cccc24)C2(c4ccccc4-c4ccc(N(c5ccccc5)c5ccc6c(c5)-c5ccccc5C6(c5ccccc5)c5ccccc5)cc42)c2ccccc2-3)cc1. The van der Waals surface area contributed by atoms with Gasteiger partial charge in [-0.05, 0) is 136 Å². The number of hydrogen-bond acceptors (Lipinski definition) is 1. The van der Waals surface area contributed by atoms with Crippen molar-refractivity contribution >= 4 is 27.8 Å². The van der Waals surface area contributed by atoms with Crippen LogP contribution in [0.25, 0.3) is 55.3 Å². The Morgan fingerprint density at radius 1 is 0.239 bits per heavy atom. The van der Waals surface area contributed by atoms with E-state index in [1.807, 2.05) is 0 Å². The first-order chi connectivity index (χ1) is 33.3. The van der Waals surface area contributed by atoms with E-state index in [-0.39, 0.29) is 0 Å². The van der Waals surface area contributed by atoms with E-state index in [4.69, 9.17) is 0 Å². The fourth-order valence-corrected chi connectivity index (χ4v) is 12.6. The molecule has 0 N–H and O–H groups in total. The quantitative estimate of drug-likeness (QED) is 0.161. The van der Waals surface area contributed by atoms with E-state index in [1.165, 1.54) is 99.8 Å². The average Bonchev–Trinajstić information content (AvgIpc) is 3.87. The molecule has 0 saturated heterocycles. The van der Waals surface area contributed by atoms with Crippen molar-refractivity contribution in [3.63, 3.8) is 0 Å². The van der Waals surface area contributed by atoms with Crippen LogP contribution < -0.4 is 4.90 Å². The number of hydrogen-bond donors (Lipinski definition) is 0. The van der Waals surface area contributed by atoms with E-state index in [0.29, 0.717) is 0 Å². The molecule has 1 nitrogen and oxygen atoms in total. The minimum absolute atomic E-state index is 0.470. The monoisotopic (exact) mass is 849 g/mol. The van der Waals surface area contributed by atoms with Gasteiger partial charge in [0.1, 0.15) is 0 Å². The van der Waals surface area contributed by atoms with Crippen molar-refractivity contribution in [2.24, 2.45) is 0 Å². The molecule has 0 fully saturated rings. The van der Waals surface area contributed by atoms with Crippen molar-refractivity contribution in [1.29, 1.82) is 0 Å². The van der Waals surface area contributed by atoms with Crippen LogP contribution in [0.3, 0.4) is 0 Å². The Bertz CT molecular complexity index is 3700. The highest BCUT2D eigenvalue weighted by atomic mass is 15.1. The fourth-order valence-electron chi connectivity index (χ4n) is 12.6. The van der Waals surface area contributed by atoms with Gasteiger partial charge in [0.05, 0.1) is 10.8 Å². The van der Waals surface area contributed by atoms with Crippen molar-refractivity contribution in [3.8, 4) is 44.5 Å². The number of fused-ring (bicyclic) bond motifs is 12. The maximum absolute atomic E-state index is 2.52. The van der Waals surface area contributed by atoms with Crippen LogP contribution in [0.4, 0.5) is 17.1 Å². The second-order valence-corrected chi connectivity index (χ2v) is 18.3. The molecule has 11 aromatic rings. The van der Waals surface area contributed by atoms with Crippen molar-refractivity contribution in [3.05, 3.63) is 305 Å². The lowest BCUT2D eigenvalue weighted by Crippen LogP contribution is -2.32. The summed E-state index contributed by atoms with van der Waals surface area (Å²) in [5.74, 6) is 0. The van der Waals surface area contributed by atoms with Crippen molar-refractivity contribution in [2.75, 3.05) is 4.90 Å². The third-order valence-electron chi connectivity index (χ3n) is 15.2. The third-order valence-corrected chi connectivity index (χ3v) is 15.2. The molecule has 14 rings (SSSR count). The van der Waals surface area contributed by atoms with Crippen LogP contribution >= 0.6 is 0 Å². The molecular formula is C66H43N. The Hall–Kier alpha value is -8.52. The zero-order valence-electron chi connectivity index (χ0n) is 36.8. The Balaban J connectivity index is 1.03. The van der Waals surface area contributed by atoms with Gasteiger partial charge in [-0.2, -0.15) is 0 Å². The first-order valence-electron chi connectivity index (χ1n) is 23.4. The molecule has 1 heteroatoms. The lowest BCUT2D eigenvalue weighted by atomic mass is 9.61. The van der Waals surface area contributed by atoms with Crippen molar-refractivity contribution in [1.82, 2.24) is 0 Å². The molecule has 0 heterocycles. The van der Waals surface area contributed by atoms with Crippen molar-refractivity contribution < 1.29 is 0 Å². The van der Waals surface area contributed by atoms with Gasteiger partial charge in [0.2, 0.25) is 0 Å². The molecule has 0 radical (unpaired) electrons. The van der Waals surface area contributed by atoms with Gasteiger partial charge in [0, 0.05) is 17.1 Å². The topological polar surface area (TPSA) is 3.24 Å². The van der Waals surface area contributed by atoms with Crippen LogP contribution in [0.5, 0.6) is 0 Å². The highest BCUT2D eigenvalue weighted by Crippen LogP contribution is 2.63. The molecule has 3 aliphatic rings. The Morgan fingerprint density at radius 3 is 1.34 bits per heavy atom. The summed E-state index contributed by atoms with van der Waals surface area (Å²) in [6.07, 6.45) is 0. The van der Waals surface area contributed by atoms with Crippen LogP contribution in [0.2, 0.25) is 0 Å². The molecule has 0 aliphatic heterocycles. The van der Waals surface area contributed by atoms with E-state index in [2.05, 4.69) is 266 Å². The third kappa shape index (κ3) is 5.14. The number of benzene rings is 11. The minimum atomic E-state index is -0.565. The second-order valence-electron chi connectivity index (χ2n) is 18.3. The zero-order chi connectivity index (χ0) is 44.1. The van der Waals surface area contributed by atoms with Crippen LogP contribution in [0.15, 0.2) is 261 Å². The summed E-state index contributed by atoms with van der Waals surface area (Å²) >= 11 is 0. The van der Waals surface area contributed by atoms with E-state index < -0.39 is 10.8 Å². The molecule has 11 aromatic carbocycles. The van der Waals surface area contributed by atoms with Crippen LogP contribution in [-0.2, 0) is 10.8 Å². The normalized spacial score (nSPS) is 15.3. The van der Waals surface area contributed by atoms with Crippen LogP contribution in [0.1, 0.15) is 44.5 Å². The van der Waals surface area contributed by atoms with E-state index in [0.717, 1.165) is 17.1 Å². The van der Waals surface area contributed by atoms with Crippen LogP contribution in [-0.4, -0.2) is 0 Å².